The van der Waals surface area contributed by atoms with E-state index < -0.39 is 17.8 Å². The molecule has 2 aromatic rings. The molecule has 2 heterocycles. The average molecular weight is 549 g/mol. The van der Waals surface area contributed by atoms with Crippen molar-refractivity contribution in [2.24, 2.45) is 0 Å². The van der Waals surface area contributed by atoms with Crippen LogP contribution in [-0.2, 0) is 25.9 Å². The Labute approximate surface area is 223 Å². The second kappa shape index (κ2) is 10.6. The Kier molecular flexibility index (Phi) is 7.42. The lowest BCUT2D eigenvalue weighted by Gasteiger charge is -2.40. The standard InChI is InChI=1S/C28H28ClF3N2O4/c29-22-7-3-5-20-23(38-26(36)34-14-16-37-17-15-34)18-27(25(20)22)10-12-33(13-11-27)24(35)9-8-19-4-1-2-6-21(19)28(30,31)32/h1-9,23H,10-18H2/b9-8+. The topological polar surface area (TPSA) is 59.1 Å². The van der Waals surface area contributed by atoms with Gasteiger partial charge in [-0.25, -0.2) is 4.79 Å². The average Bonchev–Trinajstić information content (AvgIpc) is 3.21. The first-order valence-corrected chi connectivity index (χ1v) is 13.0. The summed E-state index contributed by atoms with van der Waals surface area (Å²) in [5.74, 6) is -0.343. The number of carbonyl (C=O) groups excluding carboxylic acids is 2. The van der Waals surface area contributed by atoms with Crippen LogP contribution in [0.4, 0.5) is 18.0 Å². The molecular formula is C28H28ClF3N2O4. The molecule has 6 nitrogen and oxygen atoms in total. The van der Waals surface area contributed by atoms with Gasteiger partial charge in [-0.1, -0.05) is 41.9 Å². The monoisotopic (exact) mass is 548 g/mol. The van der Waals surface area contributed by atoms with Crippen LogP contribution in [0.25, 0.3) is 6.08 Å². The minimum absolute atomic E-state index is 0.0525. The molecule has 3 aliphatic rings. The van der Waals surface area contributed by atoms with E-state index in [-0.39, 0.29) is 23.0 Å². The number of piperidine rings is 1. The van der Waals surface area contributed by atoms with Crippen LogP contribution in [0.2, 0.25) is 5.02 Å². The van der Waals surface area contributed by atoms with Gasteiger partial charge in [0, 0.05) is 42.7 Å². The fraction of sp³-hybridized carbons (Fsp3) is 0.429. The number of rotatable bonds is 3. The minimum atomic E-state index is -4.50. The van der Waals surface area contributed by atoms with Gasteiger partial charge in [0.25, 0.3) is 0 Å². The number of nitrogens with zero attached hydrogens (tertiary/aromatic N) is 2. The molecular weight excluding hydrogens is 521 g/mol. The molecule has 1 aliphatic carbocycles. The molecule has 5 rings (SSSR count). The van der Waals surface area contributed by atoms with Crippen LogP contribution in [0, 0.1) is 0 Å². The number of likely N-dealkylation sites (tertiary alicyclic amines) is 1. The number of ether oxygens (including phenoxy) is 2. The van der Waals surface area contributed by atoms with Gasteiger partial charge < -0.3 is 19.3 Å². The number of morpholine rings is 1. The van der Waals surface area contributed by atoms with Crippen molar-refractivity contribution in [1.82, 2.24) is 9.80 Å². The summed E-state index contributed by atoms with van der Waals surface area (Å²) in [5, 5.41) is 0.607. The van der Waals surface area contributed by atoms with Crippen molar-refractivity contribution in [3.05, 3.63) is 75.8 Å². The van der Waals surface area contributed by atoms with E-state index >= 15 is 0 Å². The number of hydrogen-bond donors (Lipinski definition) is 0. The summed E-state index contributed by atoms with van der Waals surface area (Å²) in [7, 11) is 0. The van der Waals surface area contributed by atoms with E-state index in [4.69, 9.17) is 21.1 Å². The Hall–Kier alpha value is -3.04. The van der Waals surface area contributed by atoms with Crippen molar-refractivity contribution in [3.8, 4) is 0 Å². The highest BCUT2D eigenvalue weighted by Crippen LogP contribution is 2.54. The van der Waals surface area contributed by atoms with Gasteiger partial charge in [-0.05, 0) is 54.2 Å². The van der Waals surface area contributed by atoms with Crippen LogP contribution in [0.15, 0.2) is 48.5 Å². The van der Waals surface area contributed by atoms with E-state index in [2.05, 4.69) is 0 Å². The lowest BCUT2D eigenvalue weighted by Crippen LogP contribution is -2.44. The van der Waals surface area contributed by atoms with E-state index in [1.165, 1.54) is 30.4 Å². The van der Waals surface area contributed by atoms with Gasteiger partial charge >= 0.3 is 12.3 Å². The second-order valence-corrected chi connectivity index (χ2v) is 10.3. The number of fused-ring (bicyclic) bond motifs is 2. The van der Waals surface area contributed by atoms with Crippen LogP contribution >= 0.6 is 11.6 Å². The molecule has 0 radical (unpaired) electrons. The van der Waals surface area contributed by atoms with Crippen molar-refractivity contribution in [2.45, 2.75) is 37.0 Å². The molecule has 10 heteroatoms. The van der Waals surface area contributed by atoms with E-state index in [1.807, 2.05) is 18.2 Å². The van der Waals surface area contributed by atoms with Gasteiger partial charge in [0.05, 0.1) is 18.8 Å². The molecule has 0 N–H and O–H groups in total. The largest absolute Gasteiger partial charge is 0.441 e. The highest BCUT2D eigenvalue weighted by molar-refractivity contribution is 6.31. The highest BCUT2D eigenvalue weighted by atomic mass is 35.5. The SMILES string of the molecule is O=C(/C=C/c1ccccc1C(F)(F)F)N1CCC2(CC1)CC(OC(=O)N1CCOCC1)c1cccc(Cl)c12. The summed E-state index contributed by atoms with van der Waals surface area (Å²) in [5.41, 5.74) is 0.665. The zero-order valence-corrected chi connectivity index (χ0v) is 21.4. The van der Waals surface area contributed by atoms with Crippen LogP contribution < -0.4 is 0 Å². The number of halogens is 4. The Bertz CT molecular complexity index is 1230. The second-order valence-electron chi connectivity index (χ2n) is 9.90. The van der Waals surface area contributed by atoms with E-state index in [9.17, 15) is 22.8 Å². The minimum Gasteiger partial charge on any atom is -0.441 e. The van der Waals surface area contributed by atoms with Gasteiger partial charge in [0.1, 0.15) is 6.10 Å². The lowest BCUT2D eigenvalue weighted by atomic mass is 9.73. The predicted octanol–water partition coefficient (Wildman–Crippen LogP) is 5.85. The molecule has 2 aromatic carbocycles. The van der Waals surface area contributed by atoms with E-state index in [1.54, 1.807) is 9.80 Å². The van der Waals surface area contributed by atoms with Crippen molar-refractivity contribution in [2.75, 3.05) is 39.4 Å². The third-order valence-electron chi connectivity index (χ3n) is 7.72. The molecule has 2 fully saturated rings. The highest BCUT2D eigenvalue weighted by Gasteiger charge is 2.48. The molecule has 38 heavy (non-hydrogen) atoms. The third kappa shape index (κ3) is 5.27. The Morgan fingerprint density at radius 1 is 1.00 bits per heavy atom. The third-order valence-corrected chi connectivity index (χ3v) is 8.03. The predicted molar refractivity (Wildman–Crippen MR) is 136 cm³/mol. The summed E-state index contributed by atoms with van der Waals surface area (Å²) in [6.45, 7) is 2.75. The molecule has 2 saturated heterocycles. The molecule has 1 unspecified atom stereocenters. The van der Waals surface area contributed by atoms with Crippen molar-refractivity contribution in [1.29, 1.82) is 0 Å². The molecule has 1 atom stereocenters. The number of carbonyl (C=O) groups is 2. The summed E-state index contributed by atoms with van der Waals surface area (Å²) in [6, 6.07) is 10.8. The first-order valence-electron chi connectivity index (χ1n) is 12.6. The van der Waals surface area contributed by atoms with Crippen LogP contribution in [-0.4, -0.2) is 61.2 Å². The Morgan fingerprint density at radius 2 is 1.71 bits per heavy atom. The normalized spacial score (nSPS) is 21.1. The summed E-state index contributed by atoms with van der Waals surface area (Å²) in [4.78, 5) is 29.0. The van der Waals surface area contributed by atoms with Crippen LogP contribution in [0.5, 0.6) is 0 Å². The smallest absolute Gasteiger partial charge is 0.416 e. The van der Waals surface area contributed by atoms with Gasteiger partial charge in [0.2, 0.25) is 5.91 Å². The first kappa shape index (κ1) is 26.6. The van der Waals surface area contributed by atoms with E-state index in [0.29, 0.717) is 63.7 Å². The van der Waals surface area contributed by atoms with Crippen LogP contribution in [0.1, 0.15) is 47.6 Å². The summed E-state index contributed by atoms with van der Waals surface area (Å²) >= 11 is 6.66. The number of alkyl halides is 3. The number of benzene rings is 2. The molecule has 0 saturated carbocycles. The zero-order valence-electron chi connectivity index (χ0n) is 20.7. The molecule has 0 bridgehead atoms. The maximum absolute atomic E-state index is 13.3. The Balaban J connectivity index is 1.28. The van der Waals surface area contributed by atoms with Crippen molar-refractivity contribution >= 4 is 29.7 Å². The van der Waals surface area contributed by atoms with Gasteiger partial charge in [-0.2, -0.15) is 13.2 Å². The maximum atomic E-state index is 13.3. The van der Waals surface area contributed by atoms with Crippen LogP contribution in [0.3, 0.4) is 0 Å². The van der Waals surface area contributed by atoms with Crippen molar-refractivity contribution in [3.63, 3.8) is 0 Å². The Morgan fingerprint density at radius 3 is 2.42 bits per heavy atom. The molecule has 2 amide bonds. The number of amides is 2. The molecule has 0 aromatic heterocycles. The fourth-order valence-corrected chi connectivity index (χ4v) is 6.14. The molecule has 1 spiro atoms. The number of hydrogen-bond acceptors (Lipinski definition) is 4. The van der Waals surface area contributed by atoms with Crippen molar-refractivity contribution < 1.29 is 32.2 Å². The summed E-state index contributed by atoms with van der Waals surface area (Å²) in [6.07, 6.45) is -1.12. The molecule has 202 valence electrons. The van der Waals surface area contributed by atoms with E-state index in [0.717, 1.165) is 17.2 Å². The zero-order chi connectivity index (χ0) is 26.9. The lowest BCUT2D eigenvalue weighted by molar-refractivity contribution is -0.137. The quantitative estimate of drug-likeness (QED) is 0.452. The van der Waals surface area contributed by atoms with Gasteiger partial charge in [-0.3, -0.25) is 4.79 Å². The molecule has 2 aliphatic heterocycles. The summed E-state index contributed by atoms with van der Waals surface area (Å²) < 4.78 is 51.1. The fourth-order valence-electron chi connectivity index (χ4n) is 5.76. The van der Waals surface area contributed by atoms with Gasteiger partial charge in [0.15, 0.2) is 0 Å². The van der Waals surface area contributed by atoms with Gasteiger partial charge in [-0.15, -0.1) is 0 Å². The maximum Gasteiger partial charge on any atom is 0.416 e. The first-order chi connectivity index (χ1) is 18.2.